The van der Waals surface area contributed by atoms with E-state index in [1.54, 1.807) is 72.8 Å². The van der Waals surface area contributed by atoms with Crippen molar-refractivity contribution in [1.29, 1.82) is 0 Å². The summed E-state index contributed by atoms with van der Waals surface area (Å²) < 4.78 is 0. The maximum Gasteiger partial charge on any atom is 0.0628 e. The van der Waals surface area contributed by atoms with Crippen molar-refractivity contribution < 1.29 is 21.7 Å². The molecule has 16 atom stereocenters. The SMILES string of the molecule is [CH-]1CCCC2C3NC(NC4NC(NC5NC(NC6NC(N3)C3CCCCC63)C3CCCCC53)C3CCCCC43)C12.[NH-]c1c(Cl)cccc1Cl.[NH-]c1c(Cl)cccc1Cl.[NH-]c1c(Cl)cccc1Cl.[NH-]c1c(Cl)cccc1Cl.[Ti]. The van der Waals surface area contributed by atoms with Gasteiger partial charge in [-0.15, -0.1) is 28.7 Å². The molecule has 16 unspecified atom stereocenters. The quantitative estimate of drug-likeness (QED) is 0.0630. The molecular formula is C56H71Cl8N12Ti-5. The first-order valence-corrected chi connectivity index (χ1v) is 30.2. The van der Waals surface area contributed by atoms with E-state index in [9.17, 15) is 0 Å². The summed E-state index contributed by atoms with van der Waals surface area (Å²) in [6.07, 6.45) is 26.4. The predicted molar refractivity (Wildman–Crippen MR) is 319 cm³/mol. The zero-order valence-electron chi connectivity index (χ0n) is 42.9. The Bertz CT molecular complexity index is 2070. The van der Waals surface area contributed by atoms with Crippen molar-refractivity contribution in [3.63, 3.8) is 0 Å². The molecular weight excluding hydrogens is 1170 g/mol. The minimum absolute atomic E-state index is 0. The van der Waals surface area contributed by atoms with Gasteiger partial charge < -0.3 is 29.4 Å². The maximum atomic E-state index is 7.18. The number of benzene rings is 4. The third kappa shape index (κ3) is 15.0. The van der Waals surface area contributed by atoms with Gasteiger partial charge in [-0.25, -0.2) is 0 Å². The number of fused-ring (bicyclic) bond motifs is 20. The van der Waals surface area contributed by atoms with Crippen molar-refractivity contribution in [2.75, 3.05) is 0 Å². The van der Waals surface area contributed by atoms with Gasteiger partial charge in [0.15, 0.2) is 0 Å². The standard InChI is InChI=1S/C32H55N8.4C6H4Cl2N.Ti/c1-2-10-18-17(9-1)25-33-26(18)38-28-21-13-5-6-14-22(21)30(35-28)40-32-24-16-8-7-15-23(24)31(36-32)39-29-20-12-4-3-11-19(20)27(34-29)37-25;4*7-4-2-1-3-5(8)6(4)9;/h9,17-40H,1-8,10-16H2;4*1-3,9H;/q5*-1;. The molecule has 0 radical (unpaired) electrons. The minimum Gasteiger partial charge on any atom is -0.696 e. The van der Waals surface area contributed by atoms with Gasteiger partial charge in [-0.1, -0.05) is 168 Å². The first-order valence-electron chi connectivity index (χ1n) is 27.2. The van der Waals surface area contributed by atoms with Gasteiger partial charge in [-0.2, -0.15) is 6.42 Å². The van der Waals surface area contributed by atoms with Crippen LogP contribution in [0.2, 0.25) is 40.2 Å². The predicted octanol–water partition coefficient (Wildman–Crippen LogP) is 17.1. The third-order valence-electron chi connectivity index (χ3n) is 17.4. The topological polar surface area (TPSA) is 191 Å². The molecule has 12 nitrogen and oxygen atoms in total. The Morgan fingerprint density at radius 3 is 0.714 bits per heavy atom. The molecule has 420 valence electrons. The Morgan fingerprint density at radius 1 is 0.299 bits per heavy atom. The third-order valence-corrected chi connectivity index (χ3v) is 19.9. The van der Waals surface area contributed by atoms with Crippen molar-refractivity contribution in [2.45, 2.75) is 146 Å². The minimum atomic E-state index is 0. The van der Waals surface area contributed by atoms with Crippen LogP contribution in [0.25, 0.3) is 22.9 Å². The Kier molecular flexibility index (Phi) is 23.2. The number of hydrogen-bond donors (Lipinski definition) is 8. The van der Waals surface area contributed by atoms with Crippen LogP contribution in [0.4, 0.5) is 22.7 Å². The van der Waals surface area contributed by atoms with Gasteiger partial charge in [0, 0.05) is 68.1 Å². The zero-order valence-corrected chi connectivity index (χ0v) is 50.5. The number of hydrogen-bond acceptors (Lipinski definition) is 8. The van der Waals surface area contributed by atoms with Crippen LogP contribution >= 0.6 is 92.8 Å². The van der Waals surface area contributed by atoms with Gasteiger partial charge in [0.25, 0.3) is 0 Å². The van der Waals surface area contributed by atoms with Crippen LogP contribution in [0.15, 0.2) is 72.8 Å². The zero-order chi connectivity index (χ0) is 53.6. The van der Waals surface area contributed by atoms with Crippen LogP contribution in [-0.2, 0) is 21.7 Å². The fourth-order valence-corrected chi connectivity index (χ4v) is 15.3. The van der Waals surface area contributed by atoms with Crippen molar-refractivity contribution >= 4 is 116 Å². The summed E-state index contributed by atoms with van der Waals surface area (Å²) in [5.74, 6) is 5.74. The van der Waals surface area contributed by atoms with Crippen molar-refractivity contribution in [2.24, 2.45) is 47.3 Å². The second-order valence-electron chi connectivity index (χ2n) is 21.8. The van der Waals surface area contributed by atoms with Gasteiger partial charge in [-0.3, -0.25) is 42.5 Å². The molecule has 0 amide bonds. The van der Waals surface area contributed by atoms with E-state index in [0.29, 0.717) is 101 Å². The fourth-order valence-electron chi connectivity index (χ4n) is 13.7. The normalized spacial score (nSPS) is 34.4. The molecule has 5 heterocycles. The largest absolute Gasteiger partial charge is 0.696 e. The maximum absolute atomic E-state index is 7.18. The van der Waals surface area contributed by atoms with Gasteiger partial charge in [0.05, 0.1) is 43.2 Å². The van der Waals surface area contributed by atoms with E-state index >= 15 is 0 Å². The molecule has 5 aliphatic heterocycles. The van der Waals surface area contributed by atoms with E-state index in [2.05, 4.69) is 49.0 Å². The van der Waals surface area contributed by atoms with Crippen LogP contribution < -0.4 is 42.5 Å². The molecule has 4 saturated carbocycles. The average molecular weight is 1240 g/mol. The molecule has 77 heavy (non-hydrogen) atoms. The van der Waals surface area contributed by atoms with Crippen molar-refractivity contribution in [1.82, 2.24) is 42.5 Å². The van der Waals surface area contributed by atoms with E-state index in [4.69, 9.17) is 116 Å². The summed E-state index contributed by atoms with van der Waals surface area (Å²) in [7, 11) is 0. The molecule has 0 spiro atoms. The summed E-state index contributed by atoms with van der Waals surface area (Å²) in [4.78, 5) is 0. The van der Waals surface area contributed by atoms with Gasteiger partial charge >= 0.3 is 0 Å². The number of rotatable bonds is 0. The number of nitrogens with one attached hydrogen (secondary N) is 12. The van der Waals surface area contributed by atoms with Crippen LogP contribution in [0.1, 0.15) is 96.3 Å². The van der Waals surface area contributed by atoms with E-state index in [1.807, 2.05) is 0 Å². The van der Waals surface area contributed by atoms with Gasteiger partial charge in [-0.05, 0) is 128 Å². The molecule has 4 aliphatic carbocycles. The molecule has 4 aromatic carbocycles. The number of halogens is 8. The summed E-state index contributed by atoms with van der Waals surface area (Å²) in [6.45, 7) is 0. The summed E-state index contributed by atoms with van der Waals surface area (Å²) in [5, 5.41) is 36.8. The van der Waals surface area contributed by atoms with Gasteiger partial charge in [0.2, 0.25) is 0 Å². The Labute approximate surface area is 510 Å². The van der Waals surface area contributed by atoms with Crippen LogP contribution in [0.3, 0.4) is 0 Å². The molecule has 13 rings (SSSR count). The average Bonchev–Trinajstić information content (AvgIpc) is 4.18. The summed E-state index contributed by atoms with van der Waals surface area (Å²) >= 11 is 44.3. The molecule has 9 fully saturated rings. The first-order chi connectivity index (χ1) is 36.7. The summed E-state index contributed by atoms with van der Waals surface area (Å²) in [5.41, 5.74) is 29.5. The second-order valence-corrected chi connectivity index (χ2v) is 25.0. The molecule has 21 heteroatoms. The van der Waals surface area contributed by atoms with Crippen molar-refractivity contribution in [3.8, 4) is 0 Å². The monoisotopic (exact) mass is 1240 g/mol. The Morgan fingerprint density at radius 2 is 0.494 bits per heavy atom. The molecule has 4 aromatic rings. The molecule has 0 aromatic heterocycles. The molecule has 9 aliphatic rings. The molecule has 12 N–H and O–H groups in total. The summed E-state index contributed by atoms with van der Waals surface area (Å²) in [6, 6.07) is 19.9. The van der Waals surface area contributed by atoms with E-state index < -0.39 is 0 Å². The fraction of sp³-hybridized carbons (Fsp3) is 0.554. The van der Waals surface area contributed by atoms with E-state index in [1.165, 1.54) is 96.3 Å². The van der Waals surface area contributed by atoms with E-state index in [0.717, 1.165) is 35.5 Å². The second kappa shape index (κ2) is 28.9. The Balaban J connectivity index is 0.000000170. The smallest absolute Gasteiger partial charge is 0.0628 e. The van der Waals surface area contributed by atoms with Crippen LogP contribution in [-0.4, -0.2) is 49.3 Å². The Hall–Kier alpha value is -1.21. The van der Waals surface area contributed by atoms with Crippen molar-refractivity contribution in [3.05, 3.63) is 142 Å². The van der Waals surface area contributed by atoms with E-state index in [-0.39, 0.29) is 44.5 Å². The van der Waals surface area contributed by atoms with Crippen LogP contribution in [0, 0.1) is 53.8 Å². The van der Waals surface area contributed by atoms with Gasteiger partial charge in [0.1, 0.15) is 0 Å². The molecule has 5 saturated heterocycles. The van der Waals surface area contributed by atoms with Crippen LogP contribution in [0.5, 0.6) is 0 Å². The molecule has 8 bridgehead atoms. The first kappa shape index (κ1) is 61.9.